The Morgan fingerprint density at radius 1 is 1.29 bits per heavy atom. The zero-order valence-electron chi connectivity index (χ0n) is 11.4. The van der Waals surface area contributed by atoms with Gasteiger partial charge in [0.15, 0.2) is 0 Å². The molecule has 0 spiro atoms. The van der Waals surface area contributed by atoms with E-state index in [4.69, 9.17) is 9.15 Å². The second-order valence-electron chi connectivity index (χ2n) is 4.15. The molecule has 2 aromatic rings. The van der Waals surface area contributed by atoms with Gasteiger partial charge in [-0.2, -0.15) is 0 Å². The quantitative estimate of drug-likeness (QED) is 0.499. The summed E-state index contributed by atoms with van der Waals surface area (Å²) in [7, 11) is 0. The summed E-state index contributed by atoms with van der Waals surface area (Å²) in [5.41, 5.74) is 1.23. The molecule has 1 aromatic carbocycles. The molecule has 7 nitrogen and oxygen atoms in total. The van der Waals surface area contributed by atoms with E-state index in [9.17, 15) is 14.9 Å². The molecule has 0 aliphatic rings. The van der Waals surface area contributed by atoms with Crippen LogP contribution in [0.3, 0.4) is 0 Å². The van der Waals surface area contributed by atoms with E-state index in [2.05, 4.69) is 5.32 Å². The normalized spacial score (nSPS) is 10.1. The number of nitro groups is 1. The third kappa shape index (κ3) is 3.82. The monoisotopic (exact) mass is 290 g/mol. The Balaban J connectivity index is 1.94. The second-order valence-corrected chi connectivity index (χ2v) is 4.15. The molecule has 0 saturated heterocycles. The van der Waals surface area contributed by atoms with Crippen LogP contribution in [0.15, 0.2) is 40.8 Å². The minimum Gasteiger partial charge on any atom is -0.462 e. The van der Waals surface area contributed by atoms with Crippen LogP contribution in [0.5, 0.6) is 0 Å². The van der Waals surface area contributed by atoms with E-state index in [1.807, 2.05) is 0 Å². The maximum atomic E-state index is 11.5. The highest BCUT2D eigenvalue weighted by atomic mass is 16.6. The summed E-state index contributed by atoms with van der Waals surface area (Å²) in [6, 6.07) is 9.59. The SMILES string of the molecule is CCOC(=O)c1ccc(NCc2ccc([N+](=O)[O-])o2)cc1. The van der Waals surface area contributed by atoms with E-state index < -0.39 is 4.92 Å². The van der Waals surface area contributed by atoms with Gasteiger partial charge in [0.1, 0.15) is 10.7 Å². The van der Waals surface area contributed by atoms with Crippen LogP contribution >= 0.6 is 0 Å². The van der Waals surface area contributed by atoms with Crippen molar-refractivity contribution >= 4 is 17.5 Å². The lowest BCUT2D eigenvalue weighted by Gasteiger charge is -2.05. The molecule has 0 fully saturated rings. The van der Waals surface area contributed by atoms with Crippen molar-refractivity contribution in [2.45, 2.75) is 13.5 Å². The van der Waals surface area contributed by atoms with Crippen LogP contribution in [0.2, 0.25) is 0 Å². The van der Waals surface area contributed by atoms with Crippen molar-refractivity contribution in [2.24, 2.45) is 0 Å². The molecular formula is C14H14N2O5. The number of nitrogens with one attached hydrogen (secondary N) is 1. The summed E-state index contributed by atoms with van der Waals surface area (Å²) in [4.78, 5) is 21.4. The molecule has 0 amide bonds. The van der Waals surface area contributed by atoms with Crippen molar-refractivity contribution in [3.8, 4) is 0 Å². The third-order valence-electron chi connectivity index (χ3n) is 2.69. The summed E-state index contributed by atoms with van der Waals surface area (Å²) in [5.74, 6) is -0.202. The van der Waals surface area contributed by atoms with E-state index >= 15 is 0 Å². The molecule has 110 valence electrons. The number of nitrogens with zero attached hydrogens (tertiary/aromatic N) is 1. The molecule has 0 bridgehead atoms. The molecule has 7 heteroatoms. The zero-order valence-corrected chi connectivity index (χ0v) is 11.4. The predicted octanol–water partition coefficient (Wildman–Crippen LogP) is 2.98. The van der Waals surface area contributed by atoms with E-state index in [-0.39, 0.29) is 11.9 Å². The van der Waals surface area contributed by atoms with Crippen LogP contribution < -0.4 is 5.32 Å². The Labute approximate surface area is 120 Å². The Morgan fingerprint density at radius 3 is 2.57 bits per heavy atom. The highest BCUT2D eigenvalue weighted by molar-refractivity contribution is 5.89. The zero-order chi connectivity index (χ0) is 15.2. The van der Waals surface area contributed by atoms with Gasteiger partial charge in [-0.15, -0.1) is 0 Å². The number of furan rings is 1. The Bertz CT molecular complexity index is 633. The number of carbonyl (C=O) groups is 1. The Kier molecular flexibility index (Phi) is 4.55. The number of hydrogen-bond donors (Lipinski definition) is 1. The molecule has 0 radical (unpaired) electrons. The largest absolute Gasteiger partial charge is 0.462 e. The first-order valence-electron chi connectivity index (χ1n) is 6.34. The van der Waals surface area contributed by atoms with Gasteiger partial charge in [0.2, 0.25) is 0 Å². The summed E-state index contributed by atoms with van der Waals surface area (Å²) in [6.45, 7) is 2.39. The topological polar surface area (TPSA) is 94.6 Å². The van der Waals surface area contributed by atoms with Gasteiger partial charge in [-0.05, 0) is 37.3 Å². The summed E-state index contributed by atoms with van der Waals surface area (Å²) >= 11 is 0. The molecule has 1 N–H and O–H groups in total. The molecule has 0 saturated carbocycles. The van der Waals surface area contributed by atoms with Crippen LogP contribution in [0, 0.1) is 10.1 Å². The van der Waals surface area contributed by atoms with Crippen molar-refractivity contribution in [3.63, 3.8) is 0 Å². The van der Waals surface area contributed by atoms with Crippen LogP contribution in [0.4, 0.5) is 11.6 Å². The molecule has 0 aliphatic heterocycles. The van der Waals surface area contributed by atoms with Gasteiger partial charge in [-0.3, -0.25) is 10.1 Å². The number of anilines is 1. The first-order valence-corrected chi connectivity index (χ1v) is 6.34. The number of esters is 1. The molecule has 0 unspecified atom stereocenters. The van der Waals surface area contributed by atoms with Gasteiger partial charge in [0, 0.05) is 5.69 Å². The number of hydrogen-bond acceptors (Lipinski definition) is 6. The van der Waals surface area contributed by atoms with Crippen LogP contribution in [0.25, 0.3) is 0 Å². The van der Waals surface area contributed by atoms with Gasteiger partial charge in [-0.25, -0.2) is 4.79 Å². The lowest BCUT2D eigenvalue weighted by molar-refractivity contribution is -0.402. The van der Waals surface area contributed by atoms with E-state index in [0.717, 1.165) is 5.69 Å². The summed E-state index contributed by atoms with van der Waals surface area (Å²) in [5, 5.41) is 13.5. The van der Waals surface area contributed by atoms with Gasteiger partial charge in [0.05, 0.1) is 24.8 Å². The smallest absolute Gasteiger partial charge is 0.433 e. The van der Waals surface area contributed by atoms with Gasteiger partial charge >= 0.3 is 11.9 Å². The number of carbonyl (C=O) groups excluding carboxylic acids is 1. The highest BCUT2D eigenvalue weighted by Gasteiger charge is 2.11. The fraction of sp³-hybridized carbons (Fsp3) is 0.214. The van der Waals surface area contributed by atoms with Crippen LogP contribution in [-0.4, -0.2) is 17.5 Å². The Hall–Kier alpha value is -2.83. The number of rotatable bonds is 6. The van der Waals surface area contributed by atoms with Crippen molar-refractivity contribution in [1.82, 2.24) is 0 Å². The van der Waals surface area contributed by atoms with Crippen molar-refractivity contribution in [2.75, 3.05) is 11.9 Å². The fourth-order valence-electron chi connectivity index (χ4n) is 1.69. The molecule has 21 heavy (non-hydrogen) atoms. The summed E-state index contributed by atoms with van der Waals surface area (Å²) < 4.78 is 9.91. The molecule has 1 heterocycles. The van der Waals surface area contributed by atoms with Crippen molar-refractivity contribution < 1.29 is 18.9 Å². The lowest BCUT2D eigenvalue weighted by atomic mass is 10.2. The van der Waals surface area contributed by atoms with Gasteiger partial charge < -0.3 is 14.5 Å². The number of benzene rings is 1. The molecule has 0 atom stereocenters. The first kappa shape index (κ1) is 14.6. The third-order valence-corrected chi connectivity index (χ3v) is 2.69. The minimum absolute atomic E-state index is 0.288. The maximum Gasteiger partial charge on any atom is 0.433 e. The maximum absolute atomic E-state index is 11.5. The standard InChI is InChI=1S/C14H14N2O5/c1-2-20-14(17)10-3-5-11(6-4-10)15-9-12-7-8-13(21-12)16(18)19/h3-8,15H,2,9H2,1H3. The summed E-state index contributed by atoms with van der Waals surface area (Å²) in [6.07, 6.45) is 0. The fourth-order valence-corrected chi connectivity index (χ4v) is 1.69. The molecule has 2 rings (SSSR count). The first-order chi connectivity index (χ1) is 10.1. The van der Waals surface area contributed by atoms with E-state index in [1.165, 1.54) is 12.1 Å². The minimum atomic E-state index is -0.586. The Morgan fingerprint density at radius 2 is 2.00 bits per heavy atom. The van der Waals surface area contributed by atoms with Crippen LogP contribution in [-0.2, 0) is 11.3 Å². The predicted molar refractivity (Wildman–Crippen MR) is 75.1 cm³/mol. The van der Waals surface area contributed by atoms with Crippen LogP contribution in [0.1, 0.15) is 23.0 Å². The highest BCUT2D eigenvalue weighted by Crippen LogP contribution is 2.17. The van der Waals surface area contributed by atoms with E-state index in [1.54, 1.807) is 31.2 Å². The average molecular weight is 290 g/mol. The molecular weight excluding hydrogens is 276 g/mol. The van der Waals surface area contributed by atoms with Crippen molar-refractivity contribution in [1.29, 1.82) is 0 Å². The van der Waals surface area contributed by atoms with Gasteiger partial charge in [0.25, 0.3) is 0 Å². The molecule has 1 aromatic heterocycles. The van der Waals surface area contributed by atoms with Crippen molar-refractivity contribution in [3.05, 3.63) is 57.8 Å². The molecule has 0 aliphatic carbocycles. The number of ether oxygens (including phenoxy) is 1. The second kappa shape index (κ2) is 6.56. The lowest BCUT2D eigenvalue weighted by Crippen LogP contribution is -2.05. The average Bonchev–Trinajstić information content (AvgIpc) is 2.95. The van der Waals surface area contributed by atoms with E-state index in [0.29, 0.717) is 24.5 Å². The van der Waals surface area contributed by atoms with Gasteiger partial charge in [-0.1, -0.05) is 0 Å².